The van der Waals surface area contributed by atoms with Crippen LogP contribution in [0.4, 0.5) is 0 Å². The number of likely N-dealkylation sites (N-methyl/N-ethyl adjacent to an activating group) is 1. The topological polar surface area (TPSA) is 55.8 Å². The summed E-state index contributed by atoms with van der Waals surface area (Å²) in [7, 11) is 1.82. The highest BCUT2D eigenvalue weighted by Crippen LogP contribution is 2.15. The van der Waals surface area contributed by atoms with Gasteiger partial charge in [0.15, 0.2) is 5.96 Å². The Kier molecular flexibility index (Phi) is 10.2. The number of hydrogen-bond donors (Lipinski definition) is 2. The third kappa shape index (κ3) is 6.99. The van der Waals surface area contributed by atoms with Gasteiger partial charge in [0, 0.05) is 50.7 Å². The zero-order valence-electron chi connectivity index (χ0n) is 16.1. The summed E-state index contributed by atoms with van der Waals surface area (Å²) >= 11 is 1.75. The lowest BCUT2D eigenvalue weighted by Gasteiger charge is -2.37. The number of halogens is 1. The fourth-order valence-corrected chi connectivity index (χ4v) is 3.76. The second-order valence-electron chi connectivity index (χ2n) is 6.38. The predicted molar refractivity (Wildman–Crippen MR) is 118 cm³/mol. The monoisotopic (exact) mass is 480 g/mol. The molecule has 2 rings (SSSR count). The second kappa shape index (κ2) is 11.3. The maximum absolute atomic E-state index is 4.56. The van der Waals surface area contributed by atoms with Gasteiger partial charge in [0.05, 0.1) is 12.2 Å². The van der Waals surface area contributed by atoms with Crippen molar-refractivity contribution < 1.29 is 0 Å². The van der Waals surface area contributed by atoms with Gasteiger partial charge in [-0.15, -0.1) is 35.3 Å². The van der Waals surface area contributed by atoms with Crippen molar-refractivity contribution in [2.45, 2.75) is 40.3 Å². The minimum Gasteiger partial charge on any atom is -0.355 e. The molecule has 2 N–H and O–H groups in total. The molecule has 0 radical (unpaired) electrons. The van der Waals surface area contributed by atoms with Gasteiger partial charge < -0.3 is 15.5 Å². The van der Waals surface area contributed by atoms with E-state index < -0.39 is 0 Å². The van der Waals surface area contributed by atoms with Gasteiger partial charge in [-0.25, -0.2) is 4.98 Å². The van der Waals surface area contributed by atoms with Gasteiger partial charge in [0.25, 0.3) is 0 Å². The number of nitrogens with one attached hydrogen (secondary N) is 2. The highest BCUT2D eigenvalue weighted by atomic mass is 127. The molecular formula is C17H33IN6S. The van der Waals surface area contributed by atoms with E-state index in [1.165, 1.54) is 18.0 Å². The van der Waals surface area contributed by atoms with E-state index in [-0.39, 0.29) is 24.0 Å². The lowest BCUT2D eigenvalue weighted by molar-refractivity contribution is 0.107. The van der Waals surface area contributed by atoms with Crippen LogP contribution in [-0.2, 0) is 6.54 Å². The molecule has 2 heterocycles. The van der Waals surface area contributed by atoms with Gasteiger partial charge in [0.2, 0.25) is 0 Å². The highest BCUT2D eigenvalue weighted by Gasteiger charge is 2.20. The second-order valence-corrected chi connectivity index (χ2v) is 7.66. The third-order valence-electron chi connectivity index (χ3n) is 4.75. The van der Waals surface area contributed by atoms with E-state index in [1.54, 1.807) is 11.3 Å². The van der Waals surface area contributed by atoms with E-state index in [0.29, 0.717) is 6.04 Å². The molecule has 0 aliphatic carbocycles. The normalized spacial score (nSPS) is 17.9. The Balaban J connectivity index is 0.00000312. The highest BCUT2D eigenvalue weighted by molar-refractivity contribution is 14.0. The van der Waals surface area contributed by atoms with Crippen molar-refractivity contribution in [3.63, 3.8) is 0 Å². The van der Waals surface area contributed by atoms with Crippen molar-refractivity contribution in [1.82, 2.24) is 25.4 Å². The van der Waals surface area contributed by atoms with E-state index >= 15 is 0 Å². The van der Waals surface area contributed by atoms with Crippen LogP contribution in [0.15, 0.2) is 4.99 Å². The predicted octanol–water partition coefficient (Wildman–Crippen LogP) is 2.07. The Hall–Kier alpha value is -0.450. The SMILES string of the molecule is CCN1CCN(C(C)CNC(=NC)NCc2nc(C)c(C)s2)CC1.I. The van der Waals surface area contributed by atoms with Crippen LogP contribution in [0.5, 0.6) is 0 Å². The summed E-state index contributed by atoms with van der Waals surface area (Å²) in [5.74, 6) is 0.847. The quantitative estimate of drug-likeness (QED) is 0.371. The summed E-state index contributed by atoms with van der Waals surface area (Å²) in [6.07, 6.45) is 0. The number of rotatable bonds is 6. The average Bonchev–Trinajstić information content (AvgIpc) is 2.93. The lowest BCUT2D eigenvalue weighted by Crippen LogP contribution is -2.53. The molecule has 0 aromatic carbocycles. The van der Waals surface area contributed by atoms with Gasteiger partial charge in [-0.1, -0.05) is 6.92 Å². The molecule has 1 atom stereocenters. The van der Waals surface area contributed by atoms with E-state index in [9.17, 15) is 0 Å². The summed E-state index contributed by atoms with van der Waals surface area (Å²) in [6.45, 7) is 16.1. The Morgan fingerprint density at radius 2 is 1.92 bits per heavy atom. The molecule has 0 spiro atoms. The van der Waals surface area contributed by atoms with Crippen LogP contribution in [-0.4, -0.2) is 73.1 Å². The minimum atomic E-state index is 0. The fourth-order valence-electron chi connectivity index (χ4n) is 2.89. The zero-order valence-corrected chi connectivity index (χ0v) is 19.3. The number of hydrogen-bond acceptors (Lipinski definition) is 5. The van der Waals surface area contributed by atoms with Crippen molar-refractivity contribution in [2.24, 2.45) is 4.99 Å². The Labute approximate surface area is 173 Å². The lowest BCUT2D eigenvalue weighted by atomic mass is 10.2. The fraction of sp³-hybridized carbons (Fsp3) is 0.765. The molecule has 144 valence electrons. The molecule has 0 amide bonds. The number of aromatic nitrogens is 1. The molecule has 0 bridgehead atoms. The van der Waals surface area contributed by atoms with Gasteiger partial charge in [-0.3, -0.25) is 9.89 Å². The smallest absolute Gasteiger partial charge is 0.191 e. The minimum absolute atomic E-state index is 0. The zero-order chi connectivity index (χ0) is 17.5. The van der Waals surface area contributed by atoms with Crippen molar-refractivity contribution in [3.05, 3.63) is 15.6 Å². The molecule has 1 aromatic heterocycles. The van der Waals surface area contributed by atoms with Crippen molar-refractivity contribution in [3.8, 4) is 0 Å². The average molecular weight is 480 g/mol. The summed E-state index contributed by atoms with van der Waals surface area (Å²) in [5.41, 5.74) is 1.12. The van der Waals surface area contributed by atoms with Crippen molar-refractivity contribution in [2.75, 3.05) is 46.3 Å². The number of aliphatic imine (C=N–C) groups is 1. The van der Waals surface area contributed by atoms with Gasteiger partial charge >= 0.3 is 0 Å². The van der Waals surface area contributed by atoms with Crippen LogP contribution in [0.1, 0.15) is 29.4 Å². The van der Waals surface area contributed by atoms with Gasteiger partial charge in [0.1, 0.15) is 5.01 Å². The molecule has 0 saturated carbocycles. The number of guanidine groups is 1. The van der Waals surface area contributed by atoms with Gasteiger partial charge in [-0.05, 0) is 27.3 Å². The van der Waals surface area contributed by atoms with Crippen molar-refractivity contribution >= 4 is 41.3 Å². The van der Waals surface area contributed by atoms with Crippen LogP contribution in [0.3, 0.4) is 0 Å². The van der Waals surface area contributed by atoms with E-state index in [1.807, 2.05) is 7.05 Å². The van der Waals surface area contributed by atoms with E-state index in [2.05, 4.69) is 58.1 Å². The molecule has 1 fully saturated rings. The third-order valence-corrected chi connectivity index (χ3v) is 5.82. The first-order chi connectivity index (χ1) is 11.5. The Bertz CT molecular complexity index is 520. The largest absolute Gasteiger partial charge is 0.355 e. The Morgan fingerprint density at radius 1 is 1.24 bits per heavy atom. The Morgan fingerprint density at radius 3 is 2.44 bits per heavy atom. The van der Waals surface area contributed by atoms with Crippen LogP contribution >= 0.6 is 35.3 Å². The number of nitrogens with zero attached hydrogens (tertiary/aromatic N) is 4. The number of thiazole rings is 1. The van der Waals surface area contributed by atoms with Crippen LogP contribution in [0.25, 0.3) is 0 Å². The van der Waals surface area contributed by atoms with Gasteiger partial charge in [-0.2, -0.15) is 0 Å². The van der Waals surface area contributed by atoms with Crippen LogP contribution in [0.2, 0.25) is 0 Å². The molecule has 1 aromatic rings. The van der Waals surface area contributed by atoms with E-state index in [4.69, 9.17) is 0 Å². The molecule has 8 heteroatoms. The first-order valence-electron chi connectivity index (χ1n) is 8.87. The molecule has 1 saturated heterocycles. The number of piperazine rings is 1. The number of aryl methyl sites for hydroxylation is 2. The molecule has 1 aliphatic rings. The van der Waals surface area contributed by atoms with E-state index in [0.717, 1.165) is 49.4 Å². The van der Waals surface area contributed by atoms with Crippen molar-refractivity contribution in [1.29, 1.82) is 0 Å². The first kappa shape index (κ1) is 22.6. The maximum Gasteiger partial charge on any atom is 0.191 e. The summed E-state index contributed by atoms with van der Waals surface area (Å²) in [4.78, 5) is 15.2. The molecular weight excluding hydrogens is 447 g/mol. The van der Waals surface area contributed by atoms with Crippen LogP contribution in [0, 0.1) is 13.8 Å². The molecule has 1 aliphatic heterocycles. The molecule has 25 heavy (non-hydrogen) atoms. The first-order valence-corrected chi connectivity index (χ1v) is 9.69. The maximum atomic E-state index is 4.56. The summed E-state index contributed by atoms with van der Waals surface area (Å²) < 4.78 is 0. The summed E-state index contributed by atoms with van der Waals surface area (Å²) in [5, 5.41) is 7.91. The molecule has 6 nitrogen and oxygen atoms in total. The standard InChI is InChI=1S/C17H32N6S.HI/c1-6-22-7-9-23(10-8-22)13(2)11-19-17(18-5)20-12-16-21-14(3)15(4)24-16;/h13H,6-12H2,1-5H3,(H2,18,19,20);1H. The van der Waals surface area contributed by atoms with Crippen LogP contribution < -0.4 is 10.6 Å². The molecule has 1 unspecified atom stereocenters. The summed E-state index contributed by atoms with van der Waals surface area (Å²) in [6, 6.07) is 0.506.